The van der Waals surface area contributed by atoms with Crippen molar-refractivity contribution in [1.29, 1.82) is 0 Å². The van der Waals surface area contributed by atoms with E-state index in [0.29, 0.717) is 0 Å². The van der Waals surface area contributed by atoms with Crippen molar-refractivity contribution in [1.82, 2.24) is 0 Å². The molecule has 0 heterocycles. The third-order valence-electron chi connectivity index (χ3n) is 0. The van der Waals surface area contributed by atoms with Crippen molar-refractivity contribution in [2.45, 2.75) is 0 Å². The monoisotopic (exact) mass is 262 g/mol. The summed E-state index contributed by atoms with van der Waals surface area (Å²) in [5.74, 6) is 0. The van der Waals surface area contributed by atoms with Crippen molar-refractivity contribution in [3.8, 4) is 0 Å². The third kappa shape index (κ3) is 78.5. The van der Waals surface area contributed by atoms with Crippen LogP contribution in [0.15, 0.2) is 0 Å². The van der Waals surface area contributed by atoms with Crippen LogP contribution in [0, 0.1) is 0 Å². The summed E-state index contributed by atoms with van der Waals surface area (Å²) in [6.45, 7) is 0. The topological polar surface area (TPSA) is 86.2 Å². The van der Waals surface area contributed by atoms with E-state index in [-0.39, 0.29) is 110 Å². The van der Waals surface area contributed by atoms with Gasteiger partial charge in [-0.15, -0.1) is 0 Å². The second kappa shape index (κ2) is 14.3. The molecule has 0 N–H and O–H groups in total. The largest absolute Gasteiger partial charge is 1.00 e. The summed E-state index contributed by atoms with van der Waals surface area (Å²) < 4.78 is 8.55. The maximum atomic E-state index is 8.55. The Kier molecular flexibility index (Phi) is 46.6. The van der Waals surface area contributed by atoms with Crippen LogP contribution in [-0.4, -0.2) is 0 Å². The molecule has 0 bridgehead atoms. The Hall–Kier alpha value is 3.80. The van der Waals surface area contributed by atoms with E-state index in [9.17, 15) is 0 Å². The van der Waals surface area contributed by atoms with Gasteiger partial charge in [-0.3, -0.25) is 0 Å². The van der Waals surface area contributed by atoms with Crippen molar-refractivity contribution in [2.24, 2.45) is 0 Å². The van der Waals surface area contributed by atoms with Crippen molar-refractivity contribution >= 4 is 7.82 Å². The van der Waals surface area contributed by atoms with Gasteiger partial charge in [-0.2, -0.15) is 7.82 Å². The summed E-state index contributed by atoms with van der Waals surface area (Å²) in [5, 5.41) is 0. The molecule has 0 aromatic heterocycles. The van der Waals surface area contributed by atoms with Gasteiger partial charge in [0.2, 0.25) is 0 Å². The number of hydrogen-bond donors (Lipinski definition) is 0. The summed E-state index contributed by atoms with van der Waals surface area (Å²) in [7, 11) is -5.39. The van der Waals surface area contributed by atoms with Crippen molar-refractivity contribution < 1.29 is 129 Å². The van der Waals surface area contributed by atoms with E-state index in [2.05, 4.69) is 0 Å². The van der Waals surface area contributed by atoms with Crippen molar-refractivity contribution in [3.63, 3.8) is 0 Å². The molecule has 0 spiro atoms. The second-order valence-corrected chi connectivity index (χ2v) is 1.34. The minimum Gasteiger partial charge on any atom is -0.822 e. The molecule has 0 aromatic carbocycles. The molecule has 4 nitrogen and oxygen atoms in total. The molecule has 38 valence electrons. The summed E-state index contributed by atoms with van der Waals surface area (Å²) in [5.41, 5.74) is 0. The number of hydrogen-bond acceptors (Lipinski definition) is 4. The molecule has 0 unspecified atom stereocenters. The summed E-state index contributed by atoms with van der Waals surface area (Å²) in [6.07, 6.45) is 0. The Morgan fingerprint density at radius 3 is 0.889 bits per heavy atom. The van der Waals surface area contributed by atoms with Crippen LogP contribution >= 0.6 is 7.82 Å². The molecule has 0 saturated carbocycles. The first-order valence-corrected chi connectivity index (χ1v) is 2.19. The van der Waals surface area contributed by atoms with E-state index >= 15 is 0 Å². The van der Waals surface area contributed by atoms with E-state index in [1.807, 2.05) is 0 Å². The van der Waals surface area contributed by atoms with E-state index in [1.54, 1.807) is 0 Å². The standard InChI is InChI=1S/Mo.3Na.H3O4P/c;;;;1-5(2,3)4/h;;;;(H3,1,2,3,4)/q;3*+1;/p-3. The molecule has 0 fully saturated rings. The Balaban J connectivity index is -0.0000000133. The summed E-state index contributed by atoms with van der Waals surface area (Å²) >= 11 is 0. The van der Waals surface area contributed by atoms with Crippen LogP contribution < -0.4 is 103 Å². The molecular weight excluding hydrogens is 260 g/mol. The first-order valence-electron chi connectivity index (χ1n) is 0.730. The maximum absolute atomic E-state index is 8.55. The minimum atomic E-state index is -5.39. The quantitative estimate of drug-likeness (QED) is 0.319. The predicted molar refractivity (Wildman–Crippen MR) is 7.61 cm³/mol. The molecule has 0 aliphatic rings. The third-order valence-corrected chi connectivity index (χ3v) is 0. The fourth-order valence-corrected chi connectivity index (χ4v) is 0. The Morgan fingerprint density at radius 1 is 0.889 bits per heavy atom. The molecule has 0 atom stereocenters. The van der Waals surface area contributed by atoms with Gasteiger partial charge in [0.25, 0.3) is 0 Å². The summed E-state index contributed by atoms with van der Waals surface area (Å²) in [6, 6.07) is 0. The van der Waals surface area contributed by atoms with Gasteiger partial charge in [0.1, 0.15) is 0 Å². The van der Waals surface area contributed by atoms with Gasteiger partial charge in [0.05, 0.1) is 0 Å². The first-order chi connectivity index (χ1) is 2.00. The molecule has 0 aromatic rings. The normalized spacial score (nSPS) is 6.56. The fraction of sp³-hybridized carbons (Fsp3) is 0. The van der Waals surface area contributed by atoms with Gasteiger partial charge >= 0.3 is 88.7 Å². The van der Waals surface area contributed by atoms with Gasteiger partial charge in [-0.05, 0) is 0 Å². The van der Waals surface area contributed by atoms with Crippen molar-refractivity contribution in [3.05, 3.63) is 0 Å². The fourth-order valence-electron chi connectivity index (χ4n) is 0. The zero-order valence-corrected chi connectivity index (χ0v) is 14.4. The van der Waals surface area contributed by atoms with E-state index in [0.717, 1.165) is 0 Å². The van der Waals surface area contributed by atoms with Crippen LogP contribution in [0.3, 0.4) is 0 Å². The zero-order chi connectivity index (χ0) is 4.50. The Bertz CT molecular complexity index is 61.9. The molecule has 0 aliphatic carbocycles. The Morgan fingerprint density at radius 2 is 0.889 bits per heavy atom. The molecule has 0 aliphatic heterocycles. The zero-order valence-electron chi connectivity index (χ0n) is 5.49. The number of rotatable bonds is 0. The van der Waals surface area contributed by atoms with E-state index in [4.69, 9.17) is 19.2 Å². The predicted octanol–water partition coefficient (Wildman–Crippen LogP) is -11.8. The van der Waals surface area contributed by atoms with Crippen LogP contribution in [-0.2, 0) is 25.6 Å². The molecule has 9 heavy (non-hydrogen) atoms. The first kappa shape index (κ1) is 29.3. The summed E-state index contributed by atoms with van der Waals surface area (Å²) in [4.78, 5) is 25.6. The van der Waals surface area contributed by atoms with Gasteiger partial charge < -0.3 is 19.2 Å². The smallest absolute Gasteiger partial charge is 0.822 e. The second-order valence-electron chi connectivity index (χ2n) is 0.447. The van der Waals surface area contributed by atoms with Crippen LogP contribution in [0.1, 0.15) is 0 Å². The molecule has 0 rings (SSSR count). The Labute approximate surface area is 134 Å². The average molecular weight is 260 g/mol. The maximum Gasteiger partial charge on any atom is 1.00 e. The van der Waals surface area contributed by atoms with Gasteiger partial charge in [-0.25, -0.2) is 0 Å². The average Bonchev–Trinajstić information content (AvgIpc) is 0.722. The van der Waals surface area contributed by atoms with Gasteiger partial charge in [0, 0.05) is 21.1 Å². The molecule has 0 radical (unpaired) electrons. The van der Waals surface area contributed by atoms with Gasteiger partial charge in [-0.1, -0.05) is 0 Å². The van der Waals surface area contributed by atoms with E-state index < -0.39 is 7.82 Å². The van der Waals surface area contributed by atoms with Crippen LogP contribution in [0.2, 0.25) is 0 Å². The molecular formula is MoNa3O4P. The van der Waals surface area contributed by atoms with Crippen LogP contribution in [0.4, 0.5) is 0 Å². The molecule has 0 saturated heterocycles. The van der Waals surface area contributed by atoms with Gasteiger partial charge in [0.15, 0.2) is 0 Å². The molecule has 0 amide bonds. The SMILES string of the molecule is O=P([O-])([O-])[O-].[Mo].[Na+].[Na+].[Na+]. The van der Waals surface area contributed by atoms with Crippen LogP contribution in [0.5, 0.6) is 0 Å². The number of phosphoric acid groups is 1. The van der Waals surface area contributed by atoms with E-state index in [1.165, 1.54) is 0 Å². The van der Waals surface area contributed by atoms with Crippen molar-refractivity contribution in [2.75, 3.05) is 0 Å². The molecule has 9 heteroatoms. The van der Waals surface area contributed by atoms with Crippen LogP contribution in [0.25, 0.3) is 0 Å². The minimum absolute atomic E-state index is 0.